The van der Waals surface area contributed by atoms with Gasteiger partial charge in [0.25, 0.3) is 11.6 Å². The summed E-state index contributed by atoms with van der Waals surface area (Å²) in [6.45, 7) is 3.89. The third kappa shape index (κ3) is 2.68. The van der Waals surface area contributed by atoms with Gasteiger partial charge in [-0.25, -0.2) is 4.39 Å². The zero-order chi connectivity index (χ0) is 15.7. The molecule has 2 rings (SSSR count). The molecule has 7 heteroatoms. The van der Waals surface area contributed by atoms with Crippen LogP contribution in [0.4, 0.5) is 15.8 Å². The molecule has 0 bridgehead atoms. The highest BCUT2D eigenvalue weighted by molar-refractivity contribution is 6.01. The van der Waals surface area contributed by atoms with E-state index < -0.39 is 22.3 Å². The summed E-state index contributed by atoms with van der Waals surface area (Å²) in [5.74, 6) is -1.27. The topological polar surface area (TPSA) is 89.5 Å². The van der Waals surface area contributed by atoms with E-state index in [1.807, 2.05) is 13.8 Å². The lowest BCUT2D eigenvalue weighted by molar-refractivity contribution is -0.384. The highest BCUT2D eigenvalue weighted by Gasteiger charge is 2.35. The maximum Gasteiger partial charge on any atom is 0.295 e. The normalized spacial score (nSPS) is 21.6. The summed E-state index contributed by atoms with van der Waals surface area (Å²) in [5.41, 5.74) is 4.72. The van der Waals surface area contributed by atoms with Crippen LogP contribution in [0.2, 0.25) is 0 Å². The van der Waals surface area contributed by atoms with E-state index in [-0.39, 0.29) is 23.3 Å². The summed E-state index contributed by atoms with van der Waals surface area (Å²) in [6, 6.07) is 1.79. The van der Waals surface area contributed by atoms with Crippen molar-refractivity contribution in [2.75, 3.05) is 5.73 Å². The Morgan fingerprint density at radius 2 is 2.19 bits per heavy atom. The Labute approximate surface area is 121 Å². The van der Waals surface area contributed by atoms with Crippen LogP contribution in [0.25, 0.3) is 0 Å². The molecule has 21 heavy (non-hydrogen) atoms. The first-order chi connectivity index (χ1) is 9.86. The van der Waals surface area contributed by atoms with E-state index >= 15 is 0 Å². The van der Waals surface area contributed by atoms with Gasteiger partial charge < -0.3 is 10.6 Å². The third-order valence-corrected chi connectivity index (χ3v) is 4.04. The van der Waals surface area contributed by atoms with Crippen molar-refractivity contribution in [1.82, 2.24) is 4.90 Å². The number of carbonyl (C=O) groups excluding carboxylic acids is 1. The van der Waals surface area contributed by atoms with Crippen LogP contribution in [-0.2, 0) is 0 Å². The number of carbonyl (C=O) groups is 1. The molecule has 0 aromatic heterocycles. The number of amides is 1. The van der Waals surface area contributed by atoms with E-state index in [0.717, 1.165) is 31.4 Å². The molecule has 1 amide bonds. The fourth-order valence-electron chi connectivity index (χ4n) is 2.91. The van der Waals surface area contributed by atoms with Crippen molar-refractivity contribution in [3.8, 4) is 0 Å². The molecule has 0 saturated carbocycles. The smallest absolute Gasteiger partial charge is 0.295 e. The standard InChI is InChI=1S/C14H18FN3O3/c1-3-10-5-4-8(2)17(10)14(19)11-6-9(15)7-12(13(11)16)18(20)21/h6-8,10H,3-5,16H2,1-2H3. The average molecular weight is 295 g/mol. The number of nitrogens with two attached hydrogens (primary N) is 1. The van der Waals surface area contributed by atoms with Crippen LogP contribution in [0.15, 0.2) is 12.1 Å². The van der Waals surface area contributed by atoms with Crippen LogP contribution in [0.3, 0.4) is 0 Å². The maximum atomic E-state index is 13.6. The molecule has 1 aliphatic heterocycles. The van der Waals surface area contributed by atoms with Crippen molar-refractivity contribution < 1.29 is 14.1 Å². The summed E-state index contributed by atoms with van der Waals surface area (Å²) < 4.78 is 13.6. The van der Waals surface area contributed by atoms with Gasteiger partial charge in [-0.2, -0.15) is 0 Å². The average Bonchev–Trinajstić information content (AvgIpc) is 2.81. The van der Waals surface area contributed by atoms with Gasteiger partial charge in [-0.05, 0) is 32.3 Å². The lowest BCUT2D eigenvalue weighted by Crippen LogP contribution is -2.40. The molecule has 1 aromatic carbocycles. The van der Waals surface area contributed by atoms with Crippen LogP contribution >= 0.6 is 0 Å². The van der Waals surface area contributed by atoms with Crippen LogP contribution in [0, 0.1) is 15.9 Å². The summed E-state index contributed by atoms with van der Waals surface area (Å²) in [4.78, 5) is 24.4. The molecule has 1 heterocycles. The summed E-state index contributed by atoms with van der Waals surface area (Å²) in [7, 11) is 0. The lowest BCUT2D eigenvalue weighted by atomic mass is 10.1. The van der Waals surface area contributed by atoms with Gasteiger partial charge in [0.2, 0.25) is 0 Å². The third-order valence-electron chi connectivity index (χ3n) is 4.04. The number of nitro groups is 1. The van der Waals surface area contributed by atoms with Crippen molar-refractivity contribution in [3.63, 3.8) is 0 Å². The molecule has 2 unspecified atom stereocenters. The number of likely N-dealkylation sites (tertiary alicyclic amines) is 1. The number of anilines is 1. The van der Waals surface area contributed by atoms with E-state index in [1.165, 1.54) is 0 Å². The number of nitro benzene ring substituents is 1. The Kier molecular flexibility index (Phi) is 4.11. The molecule has 1 saturated heterocycles. The van der Waals surface area contributed by atoms with Gasteiger partial charge in [-0.3, -0.25) is 14.9 Å². The summed E-state index contributed by atoms with van der Waals surface area (Å²) >= 11 is 0. The molecule has 0 aliphatic carbocycles. The van der Waals surface area contributed by atoms with E-state index in [9.17, 15) is 19.3 Å². The number of hydrogen-bond acceptors (Lipinski definition) is 4. The Bertz CT molecular complexity index is 591. The van der Waals surface area contributed by atoms with Crippen molar-refractivity contribution in [2.24, 2.45) is 0 Å². The lowest BCUT2D eigenvalue weighted by Gasteiger charge is -2.28. The minimum atomic E-state index is -0.834. The van der Waals surface area contributed by atoms with Crippen molar-refractivity contribution in [1.29, 1.82) is 0 Å². The zero-order valence-electron chi connectivity index (χ0n) is 12.0. The minimum Gasteiger partial charge on any atom is -0.393 e. The van der Waals surface area contributed by atoms with Gasteiger partial charge in [-0.15, -0.1) is 0 Å². The minimum absolute atomic E-state index is 0.0178. The second kappa shape index (κ2) is 5.67. The van der Waals surface area contributed by atoms with Crippen molar-refractivity contribution in [2.45, 2.75) is 45.2 Å². The second-order valence-electron chi connectivity index (χ2n) is 5.34. The molecular formula is C14H18FN3O3. The van der Waals surface area contributed by atoms with Crippen molar-refractivity contribution in [3.05, 3.63) is 33.6 Å². The number of hydrogen-bond donors (Lipinski definition) is 1. The van der Waals surface area contributed by atoms with Crippen LogP contribution in [-0.4, -0.2) is 27.8 Å². The Morgan fingerprint density at radius 1 is 1.52 bits per heavy atom. The number of nitrogen functional groups attached to an aromatic ring is 1. The molecule has 0 spiro atoms. The van der Waals surface area contributed by atoms with E-state index in [1.54, 1.807) is 4.90 Å². The Hall–Kier alpha value is -2.18. The maximum absolute atomic E-state index is 13.6. The predicted molar refractivity (Wildman–Crippen MR) is 76.4 cm³/mol. The summed E-state index contributed by atoms with van der Waals surface area (Å²) in [5, 5.41) is 10.9. The molecule has 0 radical (unpaired) electrons. The molecule has 2 atom stereocenters. The SMILES string of the molecule is CCC1CCC(C)N1C(=O)c1cc(F)cc([N+](=O)[O-])c1N. The molecule has 6 nitrogen and oxygen atoms in total. The summed E-state index contributed by atoms with van der Waals surface area (Å²) in [6.07, 6.45) is 2.52. The van der Waals surface area contributed by atoms with Gasteiger partial charge in [0, 0.05) is 12.1 Å². The first kappa shape index (κ1) is 15.2. The van der Waals surface area contributed by atoms with E-state index in [4.69, 9.17) is 5.73 Å². The predicted octanol–water partition coefficient (Wildman–Crippen LogP) is 2.72. The largest absolute Gasteiger partial charge is 0.393 e. The highest BCUT2D eigenvalue weighted by Crippen LogP contribution is 2.32. The Balaban J connectivity index is 2.46. The molecule has 114 valence electrons. The molecular weight excluding hydrogens is 277 g/mol. The van der Waals surface area contributed by atoms with Gasteiger partial charge in [-0.1, -0.05) is 6.92 Å². The zero-order valence-corrected chi connectivity index (χ0v) is 12.0. The molecule has 1 aliphatic rings. The van der Waals surface area contributed by atoms with E-state index in [2.05, 4.69) is 0 Å². The second-order valence-corrected chi connectivity index (χ2v) is 5.34. The van der Waals surface area contributed by atoms with Gasteiger partial charge >= 0.3 is 0 Å². The van der Waals surface area contributed by atoms with Gasteiger partial charge in [0.05, 0.1) is 16.6 Å². The van der Waals surface area contributed by atoms with E-state index in [0.29, 0.717) is 0 Å². The van der Waals surface area contributed by atoms with Crippen LogP contribution in [0.1, 0.15) is 43.5 Å². The Morgan fingerprint density at radius 3 is 2.76 bits per heavy atom. The first-order valence-corrected chi connectivity index (χ1v) is 6.92. The van der Waals surface area contributed by atoms with Crippen molar-refractivity contribution >= 4 is 17.3 Å². The fourth-order valence-corrected chi connectivity index (χ4v) is 2.91. The quantitative estimate of drug-likeness (QED) is 0.527. The molecule has 1 fully saturated rings. The fraction of sp³-hybridized carbons (Fsp3) is 0.500. The number of halogens is 1. The molecule has 1 aromatic rings. The number of nitrogens with zero attached hydrogens (tertiary/aromatic N) is 2. The molecule has 2 N–H and O–H groups in total. The highest BCUT2D eigenvalue weighted by atomic mass is 19.1. The monoisotopic (exact) mass is 295 g/mol. The number of rotatable bonds is 3. The van der Waals surface area contributed by atoms with Crippen LogP contribution in [0.5, 0.6) is 0 Å². The first-order valence-electron chi connectivity index (χ1n) is 6.92. The van der Waals surface area contributed by atoms with Gasteiger partial charge in [0.1, 0.15) is 11.5 Å². The van der Waals surface area contributed by atoms with Crippen LogP contribution < -0.4 is 5.73 Å². The van der Waals surface area contributed by atoms with Gasteiger partial charge in [0.15, 0.2) is 0 Å². The number of benzene rings is 1.